The standard InChI is InChI=1S/C45H30N2Se/c1-45(2)37-15-7-3-11-29(37)30-21-19-28(24-38(30)45)47-40-17-9-5-13-32(40)35-25-34-31-12-4-8-16-39(31)46(41(34)26-42(35)47)27-20-22-44-36(23-27)33-14-6-10-18-43(33)48-44/h3-26H,1-2H3. The molecule has 0 atom stereocenters. The van der Waals surface area contributed by atoms with E-state index < -0.39 is 0 Å². The van der Waals surface area contributed by atoms with E-state index in [1.54, 1.807) is 0 Å². The molecule has 10 aromatic rings. The monoisotopic (exact) mass is 678 g/mol. The average Bonchev–Trinajstić information content (AvgIpc) is 3.82. The van der Waals surface area contributed by atoms with Crippen LogP contribution in [0.2, 0.25) is 0 Å². The van der Waals surface area contributed by atoms with Crippen LogP contribution < -0.4 is 0 Å². The third-order valence-electron chi connectivity index (χ3n) is 10.9. The molecule has 0 aliphatic heterocycles. The minimum absolute atomic E-state index is 0.0616. The Hall–Kier alpha value is -5.34. The fourth-order valence-corrected chi connectivity index (χ4v) is 11.0. The minimum atomic E-state index is -0.0616. The van der Waals surface area contributed by atoms with Crippen LogP contribution >= 0.6 is 0 Å². The van der Waals surface area contributed by atoms with Crippen LogP contribution in [0.15, 0.2) is 146 Å². The predicted octanol–water partition coefficient (Wildman–Crippen LogP) is 11.6. The molecular formula is C45H30N2Se. The summed E-state index contributed by atoms with van der Waals surface area (Å²) in [6, 6.07) is 54.8. The van der Waals surface area contributed by atoms with Crippen LogP contribution in [0.4, 0.5) is 0 Å². The Morgan fingerprint density at radius 3 is 1.71 bits per heavy atom. The number of nitrogens with zero attached hydrogens (tertiary/aromatic N) is 2. The SMILES string of the molecule is CC1(C)c2ccccc2-c2ccc(-n3c4ccccc4c4cc5c6ccccc6n(-c6ccc7[se]c8ccccc8c7c6)c5cc43)cc21. The van der Waals surface area contributed by atoms with E-state index in [4.69, 9.17) is 0 Å². The summed E-state index contributed by atoms with van der Waals surface area (Å²) in [7, 11) is 0. The van der Waals surface area contributed by atoms with Gasteiger partial charge in [-0.3, -0.25) is 0 Å². The first kappa shape index (κ1) is 26.7. The van der Waals surface area contributed by atoms with Crippen molar-refractivity contribution in [3.05, 3.63) is 157 Å². The van der Waals surface area contributed by atoms with E-state index >= 15 is 0 Å². The summed E-state index contributed by atoms with van der Waals surface area (Å²) in [6.45, 7) is 4.73. The van der Waals surface area contributed by atoms with Gasteiger partial charge in [-0.2, -0.15) is 0 Å². The molecule has 7 aromatic carbocycles. The molecule has 0 bridgehead atoms. The van der Waals surface area contributed by atoms with Crippen molar-refractivity contribution in [2.45, 2.75) is 19.3 Å². The van der Waals surface area contributed by atoms with Crippen LogP contribution in [0.1, 0.15) is 25.0 Å². The summed E-state index contributed by atoms with van der Waals surface area (Å²) < 4.78 is 7.93. The molecule has 0 amide bonds. The predicted molar refractivity (Wildman–Crippen MR) is 205 cm³/mol. The molecule has 1 aliphatic rings. The van der Waals surface area contributed by atoms with Crippen molar-refractivity contribution in [3.63, 3.8) is 0 Å². The fourth-order valence-electron chi connectivity index (χ4n) is 8.67. The number of para-hydroxylation sites is 2. The van der Waals surface area contributed by atoms with Gasteiger partial charge in [-0.05, 0) is 16.7 Å². The molecular weight excluding hydrogens is 647 g/mol. The van der Waals surface area contributed by atoms with Gasteiger partial charge in [-0.25, -0.2) is 0 Å². The number of hydrogen-bond donors (Lipinski definition) is 0. The van der Waals surface area contributed by atoms with E-state index in [9.17, 15) is 0 Å². The number of fused-ring (bicyclic) bond motifs is 12. The summed E-state index contributed by atoms with van der Waals surface area (Å²) in [5.74, 6) is 0. The van der Waals surface area contributed by atoms with Gasteiger partial charge in [0.15, 0.2) is 0 Å². The van der Waals surface area contributed by atoms with Crippen molar-refractivity contribution in [1.82, 2.24) is 9.13 Å². The van der Waals surface area contributed by atoms with E-state index in [2.05, 4.69) is 169 Å². The zero-order chi connectivity index (χ0) is 31.7. The molecule has 1 aliphatic carbocycles. The molecule has 11 rings (SSSR count). The van der Waals surface area contributed by atoms with Gasteiger partial charge in [0, 0.05) is 5.41 Å². The zero-order valence-corrected chi connectivity index (χ0v) is 28.4. The third-order valence-corrected chi connectivity index (χ3v) is 13.3. The molecule has 0 N–H and O–H groups in total. The molecule has 48 heavy (non-hydrogen) atoms. The van der Waals surface area contributed by atoms with Crippen LogP contribution in [0, 0.1) is 0 Å². The fraction of sp³-hybridized carbons (Fsp3) is 0.0667. The molecule has 0 saturated heterocycles. The first-order valence-electron chi connectivity index (χ1n) is 16.7. The second-order valence-corrected chi connectivity index (χ2v) is 16.0. The van der Waals surface area contributed by atoms with Crippen molar-refractivity contribution in [2.24, 2.45) is 0 Å². The van der Waals surface area contributed by atoms with Gasteiger partial charge in [0.25, 0.3) is 0 Å². The van der Waals surface area contributed by atoms with Crippen LogP contribution in [0.3, 0.4) is 0 Å². The van der Waals surface area contributed by atoms with E-state index in [1.807, 2.05) is 0 Å². The first-order chi connectivity index (χ1) is 23.6. The molecule has 0 spiro atoms. The summed E-state index contributed by atoms with van der Waals surface area (Å²) in [4.78, 5) is 0. The first-order valence-corrected chi connectivity index (χ1v) is 18.4. The van der Waals surface area contributed by atoms with E-state index in [0.29, 0.717) is 14.5 Å². The summed E-state index contributed by atoms with van der Waals surface area (Å²) in [6.07, 6.45) is 0. The van der Waals surface area contributed by atoms with Gasteiger partial charge < -0.3 is 0 Å². The summed E-state index contributed by atoms with van der Waals surface area (Å²) in [5.41, 5.74) is 12.8. The third kappa shape index (κ3) is 3.42. The van der Waals surface area contributed by atoms with Gasteiger partial charge in [-0.15, -0.1) is 0 Å². The average molecular weight is 678 g/mol. The number of hydrogen-bond acceptors (Lipinski definition) is 0. The van der Waals surface area contributed by atoms with Crippen LogP contribution in [0.5, 0.6) is 0 Å². The Morgan fingerprint density at radius 1 is 0.396 bits per heavy atom. The van der Waals surface area contributed by atoms with Crippen molar-refractivity contribution in [2.75, 3.05) is 0 Å². The Balaban J connectivity index is 1.22. The molecule has 0 fully saturated rings. The van der Waals surface area contributed by atoms with Gasteiger partial charge in [0.2, 0.25) is 0 Å². The zero-order valence-electron chi connectivity index (χ0n) is 26.7. The van der Waals surface area contributed by atoms with Crippen molar-refractivity contribution in [1.29, 1.82) is 0 Å². The molecule has 2 nitrogen and oxygen atoms in total. The van der Waals surface area contributed by atoms with Crippen LogP contribution in [-0.4, -0.2) is 23.6 Å². The maximum absolute atomic E-state index is 2.49. The molecule has 0 unspecified atom stereocenters. The van der Waals surface area contributed by atoms with Crippen LogP contribution in [0.25, 0.3) is 85.4 Å². The Bertz CT molecular complexity index is 2980. The van der Waals surface area contributed by atoms with Crippen LogP contribution in [-0.2, 0) is 5.41 Å². The van der Waals surface area contributed by atoms with Gasteiger partial charge in [0.05, 0.1) is 0 Å². The Morgan fingerprint density at radius 2 is 0.958 bits per heavy atom. The van der Waals surface area contributed by atoms with E-state index in [-0.39, 0.29) is 5.41 Å². The van der Waals surface area contributed by atoms with Gasteiger partial charge in [0.1, 0.15) is 0 Å². The van der Waals surface area contributed by atoms with E-state index in [0.717, 1.165) is 0 Å². The van der Waals surface area contributed by atoms with Crippen molar-refractivity contribution >= 4 is 77.4 Å². The molecule has 0 saturated carbocycles. The number of benzene rings is 7. The second-order valence-electron chi connectivity index (χ2n) is 13.8. The van der Waals surface area contributed by atoms with Crippen molar-refractivity contribution in [3.8, 4) is 22.5 Å². The van der Waals surface area contributed by atoms with Gasteiger partial charge in [-0.1, -0.05) is 38.1 Å². The summed E-state index contributed by atoms with van der Waals surface area (Å²) in [5, 5.41) is 7.91. The number of aromatic nitrogens is 2. The van der Waals surface area contributed by atoms with Crippen molar-refractivity contribution < 1.29 is 0 Å². The number of rotatable bonds is 2. The molecule has 226 valence electrons. The quantitative estimate of drug-likeness (QED) is 0.161. The van der Waals surface area contributed by atoms with E-state index in [1.165, 1.54) is 96.5 Å². The molecule has 3 heteroatoms. The maximum atomic E-state index is 2.49. The Kier molecular flexibility index (Phi) is 5.22. The molecule has 3 aromatic heterocycles. The summed E-state index contributed by atoms with van der Waals surface area (Å²) >= 11 is 0.351. The Labute approximate surface area is 283 Å². The molecule has 0 radical (unpaired) electrons. The van der Waals surface area contributed by atoms with Gasteiger partial charge >= 0.3 is 225 Å². The topological polar surface area (TPSA) is 9.86 Å². The normalized spacial score (nSPS) is 13.8. The molecule has 3 heterocycles. The second kappa shape index (κ2) is 9.39.